The number of benzene rings is 1. The second-order valence-electron chi connectivity index (χ2n) is 10.6. The molecule has 1 aromatic rings. The zero-order valence-electron chi connectivity index (χ0n) is 16.7. The summed E-state index contributed by atoms with van der Waals surface area (Å²) in [6.07, 6.45) is 13.9. The van der Waals surface area contributed by atoms with E-state index in [0.717, 1.165) is 12.3 Å². The zero-order valence-corrected chi connectivity index (χ0v) is 16.7. The fraction of sp³-hybridized carbons (Fsp3) is 0.720. The van der Waals surface area contributed by atoms with E-state index in [4.69, 9.17) is 0 Å². The van der Waals surface area contributed by atoms with Gasteiger partial charge in [-0.3, -0.25) is 4.79 Å². The van der Waals surface area contributed by atoms with E-state index >= 15 is 0 Å². The molecule has 5 fully saturated rings. The van der Waals surface area contributed by atoms with Crippen LogP contribution in [0.3, 0.4) is 0 Å². The zero-order chi connectivity index (χ0) is 18.3. The summed E-state index contributed by atoms with van der Waals surface area (Å²) in [5, 5.41) is 3.55. The first kappa shape index (κ1) is 16.6. The van der Waals surface area contributed by atoms with Gasteiger partial charge in [-0.15, -0.1) is 0 Å². The van der Waals surface area contributed by atoms with Crippen LogP contribution in [0.5, 0.6) is 0 Å². The summed E-state index contributed by atoms with van der Waals surface area (Å²) in [5.41, 5.74) is 2.60. The van der Waals surface area contributed by atoms with E-state index in [1.807, 2.05) is 0 Å². The van der Waals surface area contributed by atoms with E-state index in [1.165, 1.54) is 69.8 Å². The van der Waals surface area contributed by atoms with Crippen LogP contribution in [-0.4, -0.2) is 11.9 Å². The van der Waals surface area contributed by atoms with Crippen LogP contribution in [0.25, 0.3) is 0 Å². The molecule has 1 aromatic carbocycles. The Labute approximate surface area is 163 Å². The van der Waals surface area contributed by atoms with Crippen molar-refractivity contribution < 1.29 is 4.79 Å². The maximum atomic E-state index is 13.6. The fourth-order valence-electron chi connectivity index (χ4n) is 9.64. The Bertz CT molecular complexity index is 779. The summed E-state index contributed by atoms with van der Waals surface area (Å²) in [7, 11) is 0. The van der Waals surface area contributed by atoms with Crippen LogP contribution >= 0.6 is 0 Å². The lowest BCUT2D eigenvalue weighted by molar-refractivity contribution is -0.478. The van der Waals surface area contributed by atoms with E-state index in [2.05, 4.69) is 42.6 Å². The van der Waals surface area contributed by atoms with Crippen LogP contribution in [0.2, 0.25) is 0 Å². The minimum absolute atomic E-state index is 0.0311. The normalized spacial score (nSPS) is 46.6. The molecule has 0 aromatic heterocycles. The van der Waals surface area contributed by atoms with E-state index in [1.54, 1.807) is 0 Å². The first-order valence-corrected chi connectivity index (χ1v) is 11.5. The molecule has 5 atom stereocenters. The van der Waals surface area contributed by atoms with E-state index < -0.39 is 0 Å². The molecule has 5 aliphatic rings. The standard InChI is InChI=1S/C25H33NO/c1-2-13-22-14-19-15-23(21(27)26-20-11-7-4-8-12-20)17-24(16-22,25(19,22)23)18-9-5-3-6-10-18/h3,5-6,9-10,19-20H,2,4,7-8,11-17H2,1H3,(H,26,27)/t19?,22-,23?,24+,25?/m1/s1. The van der Waals surface area contributed by atoms with Gasteiger partial charge in [0.05, 0.1) is 5.41 Å². The van der Waals surface area contributed by atoms with Gasteiger partial charge in [0.2, 0.25) is 5.91 Å². The van der Waals surface area contributed by atoms with Crippen LogP contribution in [0.1, 0.15) is 83.1 Å². The Balaban J connectivity index is 1.34. The maximum absolute atomic E-state index is 13.6. The minimum atomic E-state index is -0.0311. The van der Waals surface area contributed by atoms with Crippen molar-refractivity contribution in [3.63, 3.8) is 0 Å². The molecular weight excluding hydrogens is 330 g/mol. The molecule has 1 spiro atoms. The molecule has 5 aliphatic carbocycles. The molecule has 0 heterocycles. The van der Waals surface area contributed by atoms with Crippen LogP contribution < -0.4 is 5.32 Å². The average molecular weight is 364 g/mol. The van der Waals surface area contributed by atoms with Gasteiger partial charge in [0.25, 0.3) is 0 Å². The number of carbonyl (C=O) groups is 1. The number of carbonyl (C=O) groups excluding carboxylic acids is 1. The van der Waals surface area contributed by atoms with Crippen molar-refractivity contribution in [3.8, 4) is 0 Å². The van der Waals surface area contributed by atoms with Crippen molar-refractivity contribution in [2.24, 2.45) is 22.2 Å². The maximum Gasteiger partial charge on any atom is 0.227 e. The lowest BCUT2D eigenvalue weighted by Crippen LogP contribution is -2.98. The van der Waals surface area contributed by atoms with E-state index in [0.29, 0.717) is 28.2 Å². The van der Waals surface area contributed by atoms with Gasteiger partial charge in [0.15, 0.2) is 0 Å². The Kier molecular flexibility index (Phi) is 3.19. The summed E-state index contributed by atoms with van der Waals surface area (Å²) in [6.45, 7) is 2.34. The SMILES string of the molecule is CCC[C@@]12CC3CC4(C(=O)NC5CCCCC5)C[C@](c5ccccc5)(C1)C342. The van der Waals surface area contributed by atoms with Crippen LogP contribution in [0, 0.1) is 22.2 Å². The van der Waals surface area contributed by atoms with Crippen molar-refractivity contribution >= 4 is 5.91 Å². The highest BCUT2D eigenvalue weighted by Crippen LogP contribution is 3.02. The molecule has 2 heteroatoms. The first-order valence-electron chi connectivity index (χ1n) is 11.5. The van der Waals surface area contributed by atoms with Crippen molar-refractivity contribution in [1.29, 1.82) is 0 Å². The number of rotatable bonds is 5. The van der Waals surface area contributed by atoms with Gasteiger partial charge >= 0.3 is 0 Å². The highest BCUT2D eigenvalue weighted by molar-refractivity contribution is 5.90. The Hall–Kier alpha value is -1.31. The molecule has 1 amide bonds. The summed E-state index contributed by atoms with van der Waals surface area (Å²) in [5.74, 6) is 1.25. The van der Waals surface area contributed by atoms with Gasteiger partial charge in [0.1, 0.15) is 0 Å². The van der Waals surface area contributed by atoms with Crippen molar-refractivity contribution in [3.05, 3.63) is 35.9 Å². The van der Waals surface area contributed by atoms with Gasteiger partial charge in [-0.1, -0.05) is 62.9 Å². The Morgan fingerprint density at radius 3 is 2.56 bits per heavy atom. The molecule has 0 radical (unpaired) electrons. The third-order valence-electron chi connectivity index (χ3n) is 9.86. The lowest BCUT2D eigenvalue weighted by Gasteiger charge is -2.99. The molecule has 0 aliphatic heterocycles. The van der Waals surface area contributed by atoms with Crippen molar-refractivity contribution in [1.82, 2.24) is 5.32 Å². The Morgan fingerprint density at radius 1 is 1.07 bits per heavy atom. The third kappa shape index (κ3) is 1.58. The molecule has 6 rings (SSSR count). The van der Waals surface area contributed by atoms with Crippen molar-refractivity contribution in [2.45, 2.75) is 89.0 Å². The Morgan fingerprint density at radius 2 is 1.85 bits per heavy atom. The molecule has 0 saturated heterocycles. The van der Waals surface area contributed by atoms with Crippen LogP contribution in [0.4, 0.5) is 0 Å². The summed E-state index contributed by atoms with van der Waals surface area (Å²) in [6, 6.07) is 11.7. The number of hydrogen-bond acceptors (Lipinski definition) is 1. The molecule has 144 valence electrons. The van der Waals surface area contributed by atoms with E-state index in [9.17, 15) is 4.79 Å². The topological polar surface area (TPSA) is 29.1 Å². The van der Waals surface area contributed by atoms with E-state index in [-0.39, 0.29) is 5.41 Å². The number of hydrogen-bond donors (Lipinski definition) is 1. The van der Waals surface area contributed by atoms with Crippen LogP contribution in [0.15, 0.2) is 30.3 Å². The largest absolute Gasteiger partial charge is 0.353 e. The number of amides is 1. The molecule has 2 nitrogen and oxygen atoms in total. The van der Waals surface area contributed by atoms with Crippen LogP contribution in [-0.2, 0) is 10.2 Å². The smallest absolute Gasteiger partial charge is 0.227 e. The quantitative estimate of drug-likeness (QED) is 0.749. The second-order valence-corrected chi connectivity index (χ2v) is 10.6. The summed E-state index contributed by atoms with van der Waals surface area (Å²) < 4.78 is 0. The summed E-state index contributed by atoms with van der Waals surface area (Å²) in [4.78, 5) is 13.6. The fourth-order valence-corrected chi connectivity index (χ4v) is 9.64. The van der Waals surface area contributed by atoms with Gasteiger partial charge in [0, 0.05) is 16.9 Å². The predicted molar refractivity (Wildman–Crippen MR) is 107 cm³/mol. The highest BCUT2D eigenvalue weighted by atomic mass is 16.2. The molecule has 1 N–H and O–H groups in total. The van der Waals surface area contributed by atoms with Gasteiger partial charge in [-0.05, 0) is 61.8 Å². The van der Waals surface area contributed by atoms with Gasteiger partial charge in [-0.25, -0.2) is 0 Å². The third-order valence-corrected chi connectivity index (χ3v) is 9.86. The monoisotopic (exact) mass is 363 g/mol. The van der Waals surface area contributed by atoms with Gasteiger partial charge < -0.3 is 5.32 Å². The second kappa shape index (κ2) is 5.19. The average Bonchev–Trinajstić information content (AvgIpc) is 2.63. The summed E-state index contributed by atoms with van der Waals surface area (Å²) >= 11 is 0. The molecule has 27 heavy (non-hydrogen) atoms. The molecular formula is C25H33NO. The lowest BCUT2D eigenvalue weighted by atomic mass is 9.03. The molecule has 0 bridgehead atoms. The molecule has 5 saturated carbocycles. The predicted octanol–water partition coefficient (Wildman–Crippen LogP) is 5.36. The van der Waals surface area contributed by atoms with Gasteiger partial charge in [-0.2, -0.15) is 0 Å². The number of nitrogens with one attached hydrogen (secondary N) is 1. The first-order chi connectivity index (χ1) is 13.1. The minimum Gasteiger partial charge on any atom is -0.353 e. The van der Waals surface area contributed by atoms with Crippen molar-refractivity contribution in [2.75, 3.05) is 0 Å². The highest BCUT2D eigenvalue weighted by Gasteiger charge is 3.00. The molecule has 3 unspecified atom stereocenters.